The predicted molar refractivity (Wildman–Crippen MR) is 110 cm³/mol. The third-order valence-corrected chi connectivity index (χ3v) is 6.75. The summed E-state index contributed by atoms with van der Waals surface area (Å²) in [5, 5.41) is 4.18. The predicted octanol–water partition coefficient (Wildman–Crippen LogP) is 5.36. The fraction of sp³-hybridized carbons (Fsp3) is 0.417. The number of amides is 1. The molecule has 0 aliphatic heterocycles. The summed E-state index contributed by atoms with van der Waals surface area (Å²) in [5.41, 5.74) is 2.18. The fourth-order valence-electron chi connectivity index (χ4n) is 5.36. The number of nitrogens with zero attached hydrogens (tertiary/aromatic N) is 1. The molecule has 2 heterocycles. The number of carbonyl (C=O) groups excluding carboxylic acids is 1. The third kappa shape index (κ3) is 3.01. The lowest BCUT2D eigenvalue weighted by Gasteiger charge is -2.28. The van der Waals surface area contributed by atoms with Crippen LogP contribution in [0.2, 0.25) is 0 Å². The molecule has 4 atom stereocenters. The number of hydrogen-bond donors (Lipinski definition) is 1. The second-order valence-corrected chi connectivity index (χ2v) is 8.58. The molecule has 3 aromatic rings. The van der Waals surface area contributed by atoms with Crippen molar-refractivity contribution in [3.8, 4) is 11.5 Å². The molecule has 2 saturated carbocycles. The molecule has 0 radical (unpaired) electrons. The van der Waals surface area contributed by atoms with E-state index in [1.54, 1.807) is 0 Å². The number of carbonyl (C=O) groups is 1. The van der Waals surface area contributed by atoms with Gasteiger partial charge in [0.25, 0.3) is 5.91 Å². The summed E-state index contributed by atoms with van der Waals surface area (Å²) in [6, 6.07) is 13.7. The van der Waals surface area contributed by atoms with E-state index >= 15 is 0 Å². The molecule has 2 aliphatic carbocycles. The topological polar surface area (TPSA) is 55.1 Å². The first-order chi connectivity index (χ1) is 13.6. The second kappa shape index (κ2) is 6.77. The van der Waals surface area contributed by atoms with E-state index in [-0.39, 0.29) is 11.9 Å². The van der Waals surface area contributed by atoms with Gasteiger partial charge in [0.2, 0.25) is 0 Å². The normalized spacial score (nSPS) is 24.6. The van der Waals surface area contributed by atoms with Gasteiger partial charge in [-0.2, -0.15) is 0 Å². The molecule has 4 heteroatoms. The smallest absolute Gasteiger partial charge is 0.252 e. The number of rotatable bonds is 4. The zero-order valence-corrected chi connectivity index (χ0v) is 16.4. The average Bonchev–Trinajstić information content (AvgIpc) is 3.44. The maximum absolute atomic E-state index is 13.3. The summed E-state index contributed by atoms with van der Waals surface area (Å²) in [6.07, 6.45) is 5.32. The lowest BCUT2D eigenvalue weighted by Crippen LogP contribution is -2.40. The van der Waals surface area contributed by atoms with Gasteiger partial charge in [0.1, 0.15) is 11.5 Å². The minimum Gasteiger partial charge on any atom is -0.460 e. The Balaban J connectivity index is 1.47. The van der Waals surface area contributed by atoms with E-state index in [4.69, 9.17) is 9.40 Å². The molecule has 1 amide bonds. The molecule has 5 rings (SSSR count). The molecule has 0 spiro atoms. The van der Waals surface area contributed by atoms with Crippen LogP contribution in [0.25, 0.3) is 22.4 Å². The summed E-state index contributed by atoms with van der Waals surface area (Å²) in [7, 11) is 0. The van der Waals surface area contributed by atoms with Crippen LogP contribution in [0, 0.1) is 24.7 Å². The Hall–Kier alpha value is -2.62. The Morgan fingerprint density at radius 3 is 2.75 bits per heavy atom. The molecule has 2 bridgehead atoms. The van der Waals surface area contributed by atoms with E-state index in [0.717, 1.165) is 28.5 Å². The first-order valence-corrected chi connectivity index (χ1v) is 10.4. The molecular weight excluding hydrogens is 348 g/mol. The van der Waals surface area contributed by atoms with Crippen molar-refractivity contribution in [2.75, 3.05) is 0 Å². The number of pyridine rings is 1. The first kappa shape index (κ1) is 17.5. The van der Waals surface area contributed by atoms with Crippen LogP contribution in [-0.4, -0.2) is 16.9 Å². The van der Waals surface area contributed by atoms with Crippen LogP contribution in [0.1, 0.15) is 48.7 Å². The van der Waals surface area contributed by atoms with Crippen molar-refractivity contribution in [1.82, 2.24) is 10.3 Å². The van der Waals surface area contributed by atoms with Gasteiger partial charge in [-0.15, -0.1) is 0 Å². The van der Waals surface area contributed by atoms with Gasteiger partial charge in [-0.25, -0.2) is 4.98 Å². The van der Waals surface area contributed by atoms with Gasteiger partial charge in [-0.05, 0) is 75.1 Å². The van der Waals surface area contributed by atoms with Crippen molar-refractivity contribution in [3.63, 3.8) is 0 Å². The summed E-state index contributed by atoms with van der Waals surface area (Å²) in [5.74, 6) is 3.79. The van der Waals surface area contributed by atoms with Gasteiger partial charge < -0.3 is 9.73 Å². The highest BCUT2D eigenvalue weighted by Gasteiger charge is 2.42. The van der Waals surface area contributed by atoms with Gasteiger partial charge in [0, 0.05) is 11.4 Å². The van der Waals surface area contributed by atoms with Crippen LogP contribution < -0.4 is 5.32 Å². The van der Waals surface area contributed by atoms with E-state index in [1.807, 2.05) is 49.4 Å². The molecule has 0 saturated heterocycles. The zero-order chi connectivity index (χ0) is 19.3. The Labute approximate surface area is 165 Å². The van der Waals surface area contributed by atoms with Crippen LogP contribution in [0.5, 0.6) is 0 Å². The largest absolute Gasteiger partial charge is 0.460 e. The van der Waals surface area contributed by atoms with E-state index in [1.165, 1.54) is 25.7 Å². The number of fused-ring (bicyclic) bond motifs is 3. The van der Waals surface area contributed by atoms with Crippen molar-refractivity contribution >= 4 is 16.8 Å². The highest BCUT2D eigenvalue weighted by atomic mass is 16.3. The van der Waals surface area contributed by atoms with E-state index in [9.17, 15) is 4.79 Å². The van der Waals surface area contributed by atoms with Crippen molar-refractivity contribution in [3.05, 3.63) is 53.8 Å². The Morgan fingerprint density at radius 1 is 1.18 bits per heavy atom. The fourth-order valence-corrected chi connectivity index (χ4v) is 5.36. The summed E-state index contributed by atoms with van der Waals surface area (Å²) < 4.78 is 5.75. The van der Waals surface area contributed by atoms with Crippen molar-refractivity contribution in [2.24, 2.45) is 17.8 Å². The minimum absolute atomic E-state index is 0.0154. The lowest BCUT2D eigenvalue weighted by molar-refractivity contribution is 0.0917. The third-order valence-electron chi connectivity index (χ3n) is 6.75. The van der Waals surface area contributed by atoms with Crippen LogP contribution in [0.3, 0.4) is 0 Å². The second-order valence-electron chi connectivity index (χ2n) is 8.58. The van der Waals surface area contributed by atoms with Gasteiger partial charge in [0.15, 0.2) is 5.76 Å². The molecule has 1 N–H and O–H groups in total. The van der Waals surface area contributed by atoms with E-state index in [0.29, 0.717) is 22.9 Å². The van der Waals surface area contributed by atoms with Gasteiger partial charge >= 0.3 is 0 Å². The standard InChI is InChI=1S/C24H26N2O2/c1-14-7-10-23(28-14)22-13-20(18-5-3-4-6-21(18)26-22)24(27)25-15(2)19-12-16-8-9-17(19)11-16/h3-7,10,13,15-17,19H,8-9,11-12H2,1-2H3,(H,25,27). The molecule has 1 aromatic carbocycles. The SMILES string of the molecule is Cc1ccc(-c2cc(C(=O)NC(C)C3CC4CCC3C4)c3ccccc3n2)o1. The summed E-state index contributed by atoms with van der Waals surface area (Å²) >= 11 is 0. The van der Waals surface area contributed by atoms with Crippen LogP contribution in [-0.2, 0) is 0 Å². The highest BCUT2D eigenvalue weighted by Crippen LogP contribution is 2.49. The number of hydrogen-bond acceptors (Lipinski definition) is 3. The van der Waals surface area contributed by atoms with E-state index in [2.05, 4.69) is 12.2 Å². The van der Waals surface area contributed by atoms with Crippen LogP contribution >= 0.6 is 0 Å². The number of para-hydroxylation sites is 1. The molecule has 2 fully saturated rings. The Bertz CT molecular complexity index is 1040. The van der Waals surface area contributed by atoms with E-state index < -0.39 is 0 Å². The molecule has 2 aliphatic rings. The molecule has 28 heavy (non-hydrogen) atoms. The molecular formula is C24H26N2O2. The first-order valence-electron chi connectivity index (χ1n) is 10.4. The molecule has 4 nitrogen and oxygen atoms in total. The number of furan rings is 1. The number of nitrogens with one attached hydrogen (secondary N) is 1. The van der Waals surface area contributed by atoms with Gasteiger partial charge in [-0.1, -0.05) is 24.6 Å². The maximum atomic E-state index is 13.3. The van der Waals surface area contributed by atoms with Gasteiger partial charge in [0.05, 0.1) is 11.1 Å². The van der Waals surface area contributed by atoms with Crippen molar-refractivity contribution in [1.29, 1.82) is 0 Å². The van der Waals surface area contributed by atoms with Crippen molar-refractivity contribution in [2.45, 2.75) is 45.6 Å². The molecule has 2 aromatic heterocycles. The van der Waals surface area contributed by atoms with Crippen LogP contribution in [0.15, 0.2) is 46.9 Å². The maximum Gasteiger partial charge on any atom is 0.252 e. The molecule has 144 valence electrons. The average molecular weight is 374 g/mol. The number of benzene rings is 1. The quantitative estimate of drug-likeness (QED) is 0.669. The van der Waals surface area contributed by atoms with Crippen molar-refractivity contribution < 1.29 is 9.21 Å². The monoisotopic (exact) mass is 374 g/mol. The number of aromatic nitrogens is 1. The highest BCUT2D eigenvalue weighted by molar-refractivity contribution is 6.07. The van der Waals surface area contributed by atoms with Gasteiger partial charge in [-0.3, -0.25) is 4.79 Å². The van der Waals surface area contributed by atoms with Crippen LogP contribution in [0.4, 0.5) is 0 Å². The lowest BCUT2D eigenvalue weighted by atomic mass is 9.84. The zero-order valence-electron chi connectivity index (χ0n) is 16.4. The Kier molecular flexibility index (Phi) is 4.22. The Morgan fingerprint density at radius 2 is 2.04 bits per heavy atom. The number of aryl methyl sites for hydroxylation is 1. The summed E-state index contributed by atoms with van der Waals surface area (Å²) in [6.45, 7) is 4.08. The molecule has 4 unspecified atom stereocenters. The summed E-state index contributed by atoms with van der Waals surface area (Å²) in [4.78, 5) is 18.0. The minimum atomic E-state index is -0.0154.